The van der Waals surface area contributed by atoms with Gasteiger partial charge in [0.05, 0.1) is 6.61 Å². The number of benzene rings is 1. The van der Waals surface area contributed by atoms with E-state index in [1.807, 2.05) is 0 Å². The van der Waals surface area contributed by atoms with Crippen molar-refractivity contribution in [2.75, 3.05) is 27.3 Å². The number of ether oxygens (including phenoxy) is 1. The Hall–Kier alpha value is -1.85. The summed E-state index contributed by atoms with van der Waals surface area (Å²) in [6.07, 6.45) is 2.38. The molecule has 1 rings (SSSR count). The molecule has 0 bridgehead atoms. The van der Waals surface area contributed by atoms with E-state index < -0.39 is 5.97 Å². The number of hydrogen-bond acceptors (Lipinski definition) is 3. The minimum Gasteiger partial charge on any atom is -0.478 e. The number of hydrogen-bond donors (Lipinski definition) is 1. The fourth-order valence-electron chi connectivity index (χ4n) is 1.51. The summed E-state index contributed by atoms with van der Waals surface area (Å²) in [5, 5.41) is 8.89. The Labute approximate surface area is 122 Å². The van der Waals surface area contributed by atoms with E-state index in [2.05, 4.69) is 0 Å². The number of methoxy groups -OCH3 is 1. The topological polar surface area (TPSA) is 66.8 Å². The molecule has 0 saturated carbocycles. The van der Waals surface area contributed by atoms with Gasteiger partial charge in [0.1, 0.15) is 0 Å². The zero-order valence-corrected chi connectivity index (χ0v) is 12.1. The molecule has 0 aliphatic rings. The molecular formula is C14H16ClNO4. The van der Waals surface area contributed by atoms with Crippen LogP contribution in [0.4, 0.5) is 0 Å². The summed E-state index contributed by atoms with van der Waals surface area (Å²) in [7, 11) is 3.24. The molecule has 5 nitrogen and oxygen atoms in total. The van der Waals surface area contributed by atoms with Gasteiger partial charge in [0.15, 0.2) is 0 Å². The molecule has 1 amide bonds. The lowest BCUT2D eigenvalue weighted by atomic mass is 10.1. The summed E-state index contributed by atoms with van der Waals surface area (Å²) in [5.41, 5.74) is 0.992. The Balaban J connectivity index is 2.86. The SMILES string of the molecule is COCCN(C)C(=O)c1ccc(/C=C/C(=O)O)c(Cl)c1. The first-order valence-electron chi connectivity index (χ1n) is 5.90. The smallest absolute Gasteiger partial charge is 0.328 e. The van der Waals surface area contributed by atoms with Crippen LogP contribution in [0.2, 0.25) is 5.02 Å². The van der Waals surface area contributed by atoms with Crippen LogP contribution in [-0.2, 0) is 9.53 Å². The van der Waals surface area contributed by atoms with Gasteiger partial charge in [-0.05, 0) is 23.8 Å². The second kappa shape index (κ2) is 7.67. The predicted molar refractivity (Wildman–Crippen MR) is 77.0 cm³/mol. The molecular weight excluding hydrogens is 282 g/mol. The second-order valence-electron chi connectivity index (χ2n) is 4.13. The summed E-state index contributed by atoms with van der Waals surface area (Å²) in [4.78, 5) is 24.1. The third-order valence-electron chi connectivity index (χ3n) is 2.63. The largest absolute Gasteiger partial charge is 0.478 e. The molecule has 0 saturated heterocycles. The highest BCUT2D eigenvalue weighted by atomic mass is 35.5. The lowest BCUT2D eigenvalue weighted by Gasteiger charge is -2.16. The van der Waals surface area contributed by atoms with E-state index in [0.717, 1.165) is 6.08 Å². The van der Waals surface area contributed by atoms with E-state index in [0.29, 0.717) is 29.3 Å². The van der Waals surface area contributed by atoms with Gasteiger partial charge in [0, 0.05) is 37.4 Å². The van der Waals surface area contributed by atoms with Gasteiger partial charge in [-0.15, -0.1) is 0 Å². The maximum atomic E-state index is 12.1. The van der Waals surface area contributed by atoms with E-state index in [9.17, 15) is 9.59 Å². The standard InChI is InChI=1S/C14H16ClNO4/c1-16(7-8-20-2)14(19)11-4-3-10(12(15)9-11)5-6-13(17)18/h3-6,9H,7-8H2,1-2H3,(H,17,18)/b6-5+. The second-order valence-corrected chi connectivity index (χ2v) is 4.53. The Morgan fingerprint density at radius 2 is 2.15 bits per heavy atom. The summed E-state index contributed by atoms with van der Waals surface area (Å²) >= 11 is 6.03. The molecule has 0 atom stereocenters. The van der Waals surface area contributed by atoms with E-state index in [-0.39, 0.29) is 5.91 Å². The monoisotopic (exact) mass is 297 g/mol. The van der Waals surface area contributed by atoms with Gasteiger partial charge in [-0.2, -0.15) is 0 Å². The summed E-state index contributed by atoms with van der Waals surface area (Å²) in [6.45, 7) is 0.934. The maximum Gasteiger partial charge on any atom is 0.328 e. The van der Waals surface area contributed by atoms with E-state index in [1.165, 1.54) is 17.0 Å². The van der Waals surface area contributed by atoms with Crippen LogP contribution in [0.3, 0.4) is 0 Å². The normalized spacial score (nSPS) is 10.8. The van der Waals surface area contributed by atoms with Gasteiger partial charge < -0.3 is 14.7 Å². The van der Waals surface area contributed by atoms with Crippen molar-refractivity contribution < 1.29 is 19.4 Å². The number of carbonyl (C=O) groups excluding carboxylic acids is 1. The van der Waals surface area contributed by atoms with Crippen LogP contribution in [0.1, 0.15) is 15.9 Å². The van der Waals surface area contributed by atoms with Gasteiger partial charge in [-0.1, -0.05) is 17.7 Å². The number of nitrogens with zero attached hydrogens (tertiary/aromatic N) is 1. The minimum absolute atomic E-state index is 0.169. The van der Waals surface area contributed by atoms with Crippen LogP contribution in [0, 0.1) is 0 Å². The summed E-state index contributed by atoms with van der Waals surface area (Å²) in [5.74, 6) is -1.22. The molecule has 0 aliphatic heterocycles. The van der Waals surface area contributed by atoms with E-state index >= 15 is 0 Å². The van der Waals surface area contributed by atoms with Gasteiger partial charge in [0.2, 0.25) is 0 Å². The first kappa shape index (κ1) is 16.2. The van der Waals surface area contributed by atoms with E-state index in [4.69, 9.17) is 21.4 Å². The zero-order chi connectivity index (χ0) is 15.1. The average Bonchev–Trinajstić information content (AvgIpc) is 2.42. The van der Waals surface area contributed by atoms with Crippen molar-refractivity contribution >= 4 is 29.6 Å². The molecule has 20 heavy (non-hydrogen) atoms. The van der Waals surface area contributed by atoms with Crippen LogP contribution in [0.25, 0.3) is 6.08 Å². The number of halogens is 1. The molecule has 1 N–H and O–H groups in total. The molecule has 0 fully saturated rings. The zero-order valence-electron chi connectivity index (χ0n) is 11.3. The molecule has 1 aromatic carbocycles. The Morgan fingerprint density at radius 1 is 1.45 bits per heavy atom. The Morgan fingerprint density at radius 3 is 2.70 bits per heavy atom. The first-order chi connectivity index (χ1) is 9.45. The lowest BCUT2D eigenvalue weighted by Crippen LogP contribution is -2.29. The first-order valence-corrected chi connectivity index (χ1v) is 6.28. The van der Waals surface area contributed by atoms with Crippen LogP contribution in [-0.4, -0.2) is 49.2 Å². The van der Waals surface area contributed by atoms with Gasteiger partial charge >= 0.3 is 5.97 Å². The van der Waals surface area contributed by atoms with Crippen LogP contribution in [0.5, 0.6) is 0 Å². The number of likely N-dealkylation sites (N-methyl/N-ethyl adjacent to an activating group) is 1. The Bertz CT molecular complexity index is 528. The average molecular weight is 298 g/mol. The highest BCUT2D eigenvalue weighted by Crippen LogP contribution is 2.20. The van der Waals surface area contributed by atoms with Crippen LogP contribution < -0.4 is 0 Å². The number of amides is 1. The minimum atomic E-state index is -1.06. The number of rotatable bonds is 6. The number of carbonyl (C=O) groups is 2. The van der Waals surface area contributed by atoms with Crippen molar-refractivity contribution in [2.45, 2.75) is 0 Å². The summed E-state index contributed by atoms with van der Waals surface area (Å²) < 4.78 is 4.91. The number of aliphatic carboxylic acids is 1. The highest BCUT2D eigenvalue weighted by molar-refractivity contribution is 6.32. The van der Waals surface area contributed by atoms with Gasteiger partial charge in [-0.3, -0.25) is 4.79 Å². The molecule has 108 valence electrons. The van der Waals surface area contributed by atoms with Crippen molar-refractivity contribution in [1.82, 2.24) is 4.90 Å². The fourth-order valence-corrected chi connectivity index (χ4v) is 1.75. The quantitative estimate of drug-likeness (QED) is 0.817. The molecule has 6 heteroatoms. The van der Waals surface area contributed by atoms with Gasteiger partial charge in [-0.25, -0.2) is 4.79 Å². The van der Waals surface area contributed by atoms with Crippen molar-refractivity contribution in [3.05, 3.63) is 40.4 Å². The Kier molecular flexibility index (Phi) is 6.21. The molecule has 1 aromatic rings. The van der Waals surface area contributed by atoms with Crippen molar-refractivity contribution in [3.63, 3.8) is 0 Å². The van der Waals surface area contributed by atoms with Crippen molar-refractivity contribution in [3.8, 4) is 0 Å². The van der Waals surface area contributed by atoms with E-state index in [1.54, 1.807) is 26.3 Å². The lowest BCUT2D eigenvalue weighted by molar-refractivity contribution is -0.131. The van der Waals surface area contributed by atoms with Crippen LogP contribution >= 0.6 is 11.6 Å². The van der Waals surface area contributed by atoms with Crippen molar-refractivity contribution in [1.29, 1.82) is 0 Å². The molecule has 0 radical (unpaired) electrons. The summed E-state index contributed by atoms with van der Waals surface area (Å²) in [6, 6.07) is 4.74. The van der Waals surface area contributed by atoms with Gasteiger partial charge in [0.25, 0.3) is 5.91 Å². The third-order valence-corrected chi connectivity index (χ3v) is 2.96. The predicted octanol–water partition coefficient (Wildman–Crippen LogP) is 2.16. The third kappa shape index (κ3) is 4.68. The number of carboxylic acids is 1. The molecule has 0 heterocycles. The van der Waals surface area contributed by atoms with Crippen molar-refractivity contribution in [2.24, 2.45) is 0 Å². The molecule has 0 aromatic heterocycles. The number of carboxylic acid groups (broad SMARTS) is 1. The molecule has 0 spiro atoms. The maximum absolute atomic E-state index is 12.1. The molecule has 0 aliphatic carbocycles. The molecule has 0 unspecified atom stereocenters. The fraction of sp³-hybridized carbons (Fsp3) is 0.286. The highest BCUT2D eigenvalue weighted by Gasteiger charge is 2.12. The van der Waals surface area contributed by atoms with Crippen LogP contribution in [0.15, 0.2) is 24.3 Å².